The third-order valence-electron chi connectivity index (χ3n) is 5.00. The molecule has 0 spiro atoms. The minimum Gasteiger partial charge on any atom is -0.497 e. The van der Waals surface area contributed by atoms with Gasteiger partial charge in [-0.1, -0.05) is 12.1 Å². The van der Waals surface area contributed by atoms with E-state index in [0.29, 0.717) is 18.0 Å². The molecule has 1 saturated heterocycles. The Morgan fingerprint density at radius 1 is 0.926 bits per heavy atom. The zero-order valence-electron chi connectivity index (χ0n) is 16.3. The van der Waals surface area contributed by atoms with E-state index in [1.54, 1.807) is 32.3 Å². The average molecular weight is 370 g/mol. The standard InChI is InChI=1S/C21H26N2O4/c1-15-21(24)23(19-10-9-18(26-3)13-20(19)27-4)12-11-22(15)14-16-5-7-17(25-2)8-6-16/h5-10,13,15H,11-12,14H2,1-4H3. The molecule has 1 atom stereocenters. The Morgan fingerprint density at radius 3 is 2.22 bits per heavy atom. The van der Waals surface area contributed by atoms with Crippen molar-refractivity contribution in [2.45, 2.75) is 19.5 Å². The van der Waals surface area contributed by atoms with Gasteiger partial charge in [0.15, 0.2) is 0 Å². The number of anilines is 1. The van der Waals surface area contributed by atoms with Crippen LogP contribution in [0.1, 0.15) is 12.5 Å². The first-order chi connectivity index (χ1) is 13.1. The van der Waals surface area contributed by atoms with Crippen LogP contribution in [0, 0.1) is 0 Å². The first-order valence-corrected chi connectivity index (χ1v) is 8.97. The number of amides is 1. The number of ether oxygens (including phenoxy) is 3. The predicted octanol–water partition coefficient (Wildman–Crippen LogP) is 2.95. The van der Waals surface area contributed by atoms with Gasteiger partial charge in [-0.3, -0.25) is 9.69 Å². The van der Waals surface area contributed by atoms with E-state index in [2.05, 4.69) is 4.90 Å². The van der Waals surface area contributed by atoms with Gasteiger partial charge >= 0.3 is 0 Å². The van der Waals surface area contributed by atoms with Gasteiger partial charge in [0, 0.05) is 25.7 Å². The number of carbonyl (C=O) groups excluding carboxylic acids is 1. The number of rotatable bonds is 6. The normalized spacial score (nSPS) is 17.7. The highest BCUT2D eigenvalue weighted by Crippen LogP contribution is 2.34. The highest BCUT2D eigenvalue weighted by atomic mass is 16.5. The van der Waals surface area contributed by atoms with Crippen molar-refractivity contribution in [3.05, 3.63) is 48.0 Å². The lowest BCUT2D eigenvalue weighted by atomic mass is 10.1. The highest BCUT2D eigenvalue weighted by Gasteiger charge is 2.33. The Kier molecular flexibility index (Phi) is 5.86. The zero-order chi connectivity index (χ0) is 19.4. The number of methoxy groups -OCH3 is 3. The van der Waals surface area contributed by atoms with Gasteiger partial charge in [-0.05, 0) is 36.8 Å². The molecule has 1 aliphatic heterocycles. The molecule has 0 aliphatic carbocycles. The Hall–Kier alpha value is -2.73. The molecule has 27 heavy (non-hydrogen) atoms. The van der Waals surface area contributed by atoms with Crippen molar-refractivity contribution in [1.82, 2.24) is 4.90 Å². The van der Waals surface area contributed by atoms with Crippen LogP contribution < -0.4 is 19.1 Å². The highest BCUT2D eigenvalue weighted by molar-refractivity contribution is 5.99. The molecule has 0 aromatic heterocycles. The van der Waals surface area contributed by atoms with Gasteiger partial charge in [-0.15, -0.1) is 0 Å². The van der Waals surface area contributed by atoms with Crippen molar-refractivity contribution in [1.29, 1.82) is 0 Å². The third-order valence-corrected chi connectivity index (χ3v) is 5.00. The van der Waals surface area contributed by atoms with Gasteiger partial charge in [-0.25, -0.2) is 0 Å². The fourth-order valence-electron chi connectivity index (χ4n) is 3.34. The van der Waals surface area contributed by atoms with E-state index < -0.39 is 0 Å². The summed E-state index contributed by atoms with van der Waals surface area (Å²) >= 11 is 0. The van der Waals surface area contributed by atoms with Crippen LogP contribution in [0.5, 0.6) is 17.2 Å². The molecule has 3 rings (SSSR count). The maximum atomic E-state index is 13.0. The van der Waals surface area contributed by atoms with Crippen molar-refractivity contribution in [3.63, 3.8) is 0 Å². The van der Waals surface area contributed by atoms with E-state index in [4.69, 9.17) is 14.2 Å². The second kappa shape index (κ2) is 8.31. The number of hydrogen-bond acceptors (Lipinski definition) is 5. The average Bonchev–Trinajstić information content (AvgIpc) is 2.72. The summed E-state index contributed by atoms with van der Waals surface area (Å²) in [6.45, 7) is 4.08. The molecule has 6 nitrogen and oxygen atoms in total. The van der Waals surface area contributed by atoms with Crippen LogP contribution in [-0.2, 0) is 11.3 Å². The van der Waals surface area contributed by atoms with Gasteiger partial charge in [0.05, 0.1) is 33.1 Å². The molecule has 1 fully saturated rings. The zero-order valence-corrected chi connectivity index (χ0v) is 16.3. The summed E-state index contributed by atoms with van der Waals surface area (Å²) in [5.41, 5.74) is 1.94. The number of benzene rings is 2. The Labute approximate surface area is 160 Å². The summed E-state index contributed by atoms with van der Waals surface area (Å²) in [5, 5.41) is 0. The van der Waals surface area contributed by atoms with Gasteiger partial charge in [0.25, 0.3) is 0 Å². The van der Waals surface area contributed by atoms with Gasteiger partial charge in [0.2, 0.25) is 5.91 Å². The van der Waals surface area contributed by atoms with E-state index in [-0.39, 0.29) is 11.9 Å². The SMILES string of the molecule is COc1ccc(CN2CCN(c3ccc(OC)cc3OC)C(=O)C2C)cc1. The first kappa shape index (κ1) is 19.0. The maximum absolute atomic E-state index is 13.0. The molecule has 6 heteroatoms. The molecule has 1 heterocycles. The third kappa shape index (κ3) is 4.01. The van der Waals surface area contributed by atoms with E-state index in [1.807, 2.05) is 43.3 Å². The molecular formula is C21H26N2O4. The van der Waals surface area contributed by atoms with E-state index in [9.17, 15) is 4.79 Å². The Balaban J connectivity index is 1.74. The van der Waals surface area contributed by atoms with Crippen molar-refractivity contribution in [2.24, 2.45) is 0 Å². The van der Waals surface area contributed by atoms with Crippen molar-refractivity contribution < 1.29 is 19.0 Å². The van der Waals surface area contributed by atoms with Crippen molar-refractivity contribution in [3.8, 4) is 17.2 Å². The lowest BCUT2D eigenvalue weighted by molar-refractivity contribution is -0.125. The number of hydrogen-bond donors (Lipinski definition) is 0. The monoisotopic (exact) mass is 370 g/mol. The molecule has 1 aliphatic rings. The van der Waals surface area contributed by atoms with E-state index >= 15 is 0 Å². The largest absolute Gasteiger partial charge is 0.497 e. The Bertz CT molecular complexity index is 791. The van der Waals surface area contributed by atoms with E-state index in [0.717, 1.165) is 30.1 Å². The predicted molar refractivity (Wildman–Crippen MR) is 105 cm³/mol. The number of nitrogens with zero attached hydrogens (tertiary/aromatic N) is 2. The molecule has 2 aromatic carbocycles. The molecule has 144 valence electrons. The Morgan fingerprint density at radius 2 is 1.59 bits per heavy atom. The number of carbonyl (C=O) groups is 1. The van der Waals surface area contributed by atoms with Gasteiger partial charge in [-0.2, -0.15) is 0 Å². The lowest BCUT2D eigenvalue weighted by Crippen LogP contribution is -2.55. The quantitative estimate of drug-likeness (QED) is 0.783. The molecular weight excluding hydrogens is 344 g/mol. The molecule has 0 saturated carbocycles. The second-order valence-corrected chi connectivity index (χ2v) is 6.52. The summed E-state index contributed by atoms with van der Waals surface area (Å²) in [6, 6.07) is 13.3. The molecule has 2 aromatic rings. The molecule has 1 unspecified atom stereocenters. The summed E-state index contributed by atoms with van der Waals surface area (Å²) in [6.07, 6.45) is 0. The maximum Gasteiger partial charge on any atom is 0.244 e. The number of piperazine rings is 1. The first-order valence-electron chi connectivity index (χ1n) is 8.97. The van der Waals surface area contributed by atoms with Crippen molar-refractivity contribution in [2.75, 3.05) is 39.3 Å². The van der Waals surface area contributed by atoms with Crippen LogP contribution >= 0.6 is 0 Å². The van der Waals surface area contributed by atoms with Crippen molar-refractivity contribution >= 4 is 11.6 Å². The topological polar surface area (TPSA) is 51.2 Å². The van der Waals surface area contributed by atoms with Crippen LogP contribution in [0.3, 0.4) is 0 Å². The molecule has 0 radical (unpaired) electrons. The van der Waals surface area contributed by atoms with Crippen LogP contribution in [0.2, 0.25) is 0 Å². The van der Waals surface area contributed by atoms with E-state index in [1.165, 1.54) is 0 Å². The smallest absolute Gasteiger partial charge is 0.244 e. The van der Waals surface area contributed by atoms with Crippen LogP contribution in [-0.4, -0.2) is 51.3 Å². The minimum atomic E-state index is -0.215. The molecule has 0 bridgehead atoms. The second-order valence-electron chi connectivity index (χ2n) is 6.52. The molecule has 1 amide bonds. The van der Waals surface area contributed by atoms with Gasteiger partial charge < -0.3 is 19.1 Å². The van der Waals surface area contributed by atoms with Crippen LogP contribution in [0.4, 0.5) is 5.69 Å². The summed E-state index contributed by atoms with van der Waals surface area (Å²) in [5.74, 6) is 2.24. The minimum absolute atomic E-state index is 0.0678. The summed E-state index contributed by atoms with van der Waals surface area (Å²) < 4.78 is 15.9. The van der Waals surface area contributed by atoms with Crippen LogP contribution in [0.25, 0.3) is 0 Å². The molecule has 0 N–H and O–H groups in total. The fourth-order valence-corrected chi connectivity index (χ4v) is 3.34. The summed E-state index contributed by atoms with van der Waals surface area (Å²) in [4.78, 5) is 17.0. The fraction of sp³-hybridized carbons (Fsp3) is 0.381. The van der Waals surface area contributed by atoms with Crippen LogP contribution in [0.15, 0.2) is 42.5 Å². The van der Waals surface area contributed by atoms with Gasteiger partial charge in [0.1, 0.15) is 17.2 Å². The lowest BCUT2D eigenvalue weighted by Gasteiger charge is -2.39. The summed E-state index contributed by atoms with van der Waals surface area (Å²) in [7, 11) is 4.87.